The Bertz CT molecular complexity index is 2080. The molecule has 0 radical (unpaired) electrons. The number of rotatable bonds is 11. The van der Waals surface area contributed by atoms with Crippen LogP contribution in [0.25, 0.3) is 0 Å². The number of fused-ring (bicyclic) bond motifs is 7. The van der Waals surface area contributed by atoms with Crippen LogP contribution < -0.4 is 0 Å². The van der Waals surface area contributed by atoms with Crippen molar-refractivity contribution < 1.29 is 88.8 Å². The SMILES string of the molecule is C/C=C(/C)C(=O)O[C@H]1[C@H](OC(=O)/C(C)=C\C)[C@@]2(CO)C(CC1(C)C)C1=CCC3[C@@]4(C)CC[C@H](O[C@@H]5OC(C(=O)O)[C@H](O)CC5O[C@@H]5OC(CO)[C@H](O)[C@H](O)C5O)C(C)(C)C4CC[C@@]3(C)[C@]1(C)[C@@H](O)[C@H]2O. The highest BCUT2D eigenvalue weighted by Crippen LogP contribution is 2.76. The number of carboxylic acids is 1. The Balaban J connectivity index is 1.22. The second-order valence-electron chi connectivity index (χ2n) is 23.6. The second-order valence-corrected chi connectivity index (χ2v) is 23.6. The molecule has 0 aromatic heterocycles. The summed E-state index contributed by atoms with van der Waals surface area (Å²) < 4.78 is 36.9. The molecule has 0 spiro atoms. The van der Waals surface area contributed by atoms with Gasteiger partial charge >= 0.3 is 17.9 Å². The predicted molar refractivity (Wildman–Crippen MR) is 249 cm³/mol. The molecule has 0 aromatic carbocycles. The van der Waals surface area contributed by atoms with Gasteiger partial charge in [0.05, 0.1) is 43.0 Å². The van der Waals surface area contributed by atoms with Gasteiger partial charge in [0, 0.05) is 28.4 Å². The molecule has 9 N–H and O–H groups in total. The van der Waals surface area contributed by atoms with Crippen LogP contribution in [-0.4, -0.2) is 163 Å². The first-order valence-electron chi connectivity index (χ1n) is 25.1. The summed E-state index contributed by atoms with van der Waals surface area (Å²) in [5, 5.41) is 99.9. The fourth-order valence-corrected chi connectivity index (χ4v) is 14.9. The first kappa shape index (κ1) is 54.9. The molecule has 70 heavy (non-hydrogen) atoms. The first-order chi connectivity index (χ1) is 32.6. The van der Waals surface area contributed by atoms with Crippen molar-refractivity contribution in [2.24, 2.45) is 50.2 Å². The Labute approximate surface area is 411 Å². The minimum atomic E-state index is -1.77. The van der Waals surface area contributed by atoms with E-state index >= 15 is 0 Å². The van der Waals surface area contributed by atoms with E-state index in [1.165, 1.54) is 0 Å². The van der Waals surface area contributed by atoms with Crippen molar-refractivity contribution in [1.29, 1.82) is 0 Å². The number of hydrogen-bond donors (Lipinski definition) is 9. The standard InChI is InChI=1S/C52H80O18/c1-12-24(3)43(63)69-40-41(70-44(64)25(4)13-2)52(23-54)27(21-47(40,5)6)26-14-15-32-49(9)18-17-33(48(7,8)31(49)16-19-50(32,10)51(26,11)38(59)39(52)60)67-45-29(20-28(55)37(68-45)42(61)62)65-46-36(58)35(57)34(56)30(22-53)66-46/h12-14,27-41,45-46,53-60H,15-23H2,1-11H3,(H,61,62)/b24-12-,25-13-/t27?,28-,29?,30?,31?,32?,33+,34+,35+,36?,37?,38+,39-,40+,41+,45-,46-,49+,50-,51+,52+/m1/s1. The molecule has 18 heteroatoms. The van der Waals surface area contributed by atoms with E-state index in [0.717, 1.165) is 5.57 Å². The molecule has 21 atom stereocenters. The third-order valence-electron chi connectivity index (χ3n) is 19.5. The zero-order chi connectivity index (χ0) is 52.0. The highest BCUT2D eigenvalue weighted by molar-refractivity contribution is 5.89. The summed E-state index contributed by atoms with van der Waals surface area (Å²) >= 11 is 0. The van der Waals surface area contributed by atoms with Gasteiger partial charge in [0.15, 0.2) is 24.8 Å². The summed E-state index contributed by atoms with van der Waals surface area (Å²) in [5.41, 5.74) is -3.67. The molecule has 18 nitrogen and oxygen atoms in total. The van der Waals surface area contributed by atoms with Gasteiger partial charge in [0.1, 0.15) is 36.6 Å². The van der Waals surface area contributed by atoms with Crippen LogP contribution in [0, 0.1) is 50.2 Å². The zero-order valence-electron chi connectivity index (χ0n) is 42.6. The highest BCUT2D eigenvalue weighted by atomic mass is 16.8. The summed E-state index contributed by atoms with van der Waals surface area (Å²) in [7, 11) is 0. The molecule has 5 aliphatic carbocycles. The van der Waals surface area contributed by atoms with Gasteiger partial charge in [-0.1, -0.05) is 72.3 Å². The van der Waals surface area contributed by atoms with Gasteiger partial charge in [0.2, 0.25) is 0 Å². The molecule has 0 bridgehead atoms. The van der Waals surface area contributed by atoms with Gasteiger partial charge in [-0.05, 0) is 100 Å². The molecule has 2 heterocycles. The van der Waals surface area contributed by atoms with Gasteiger partial charge in [-0.15, -0.1) is 0 Å². The average molecular weight is 993 g/mol. The van der Waals surface area contributed by atoms with E-state index in [1.54, 1.807) is 39.8 Å². The maximum atomic E-state index is 13.8. The summed E-state index contributed by atoms with van der Waals surface area (Å²) in [6.45, 7) is 19.8. The van der Waals surface area contributed by atoms with Crippen LogP contribution >= 0.6 is 0 Å². The van der Waals surface area contributed by atoms with Gasteiger partial charge in [0.25, 0.3) is 0 Å². The molecular formula is C52H80O18. The van der Waals surface area contributed by atoms with Crippen LogP contribution in [0.1, 0.15) is 121 Å². The van der Waals surface area contributed by atoms with Gasteiger partial charge in [-0.2, -0.15) is 0 Å². The average Bonchev–Trinajstić information content (AvgIpc) is 3.30. The van der Waals surface area contributed by atoms with Crippen molar-refractivity contribution in [2.75, 3.05) is 13.2 Å². The van der Waals surface area contributed by atoms with Crippen LogP contribution in [-0.2, 0) is 42.8 Å². The molecule has 7 rings (SSSR count). The molecule has 2 saturated heterocycles. The van der Waals surface area contributed by atoms with Crippen molar-refractivity contribution in [3.8, 4) is 0 Å². The topological polar surface area (TPSA) is 289 Å². The predicted octanol–water partition coefficient (Wildman–Crippen LogP) is 2.83. The number of esters is 2. The van der Waals surface area contributed by atoms with Crippen LogP contribution in [0.4, 0.5) is 0 Å². The zero-order valence-corrected chi connectivity index (χ0v) is 42.6. The van der Waals surface area contributed by atoms with Crippen molar-refractivity contribution in [3.63, 3.8) is 0 Å². The number of carbonyl (C=O) groups is 3. The minimum Gasteiger partial charge on any atom is -0.479 e. The Morgan fingerprint density at radius 2 is 1.37 bits per heavy atom. The number of allylic oxidation sites excluding steroid dienone is 3. The lowest BCUT2D eigenvalue weighted by Gasteiger charge is -2.73. The van der Waals surface area contributed by atoms with Crippen LogP contribution in [0.5, 0.6) is 0 Å². The summed E-state index contributed by atoms with van der Waals surface area (Å²) in [6, 6.07) is 0. The molecule has 0 aromatic rings. The Kier molecular flexibility index (Phi) is 15.3. The number of aliphatic hydroxyl groups excluding tert-OH is 8. The molecule has 4 saturated carbocycles. The maximum absolute atomic E-state index is 13.8. The molecule has 396 valence electrons. The number of aliphatic carboxylic acids is 1. The van der Waals surface area contributed by atoms with Crippen molar-refractivity contribution in [2.45, 2.75) is 207 Å². The second kappa shape index (κ2) is 19.4. The van der Waals surface area contributed by atoms with Crippen LogP contribution in [0.2, 0.25) is 0 Å². The normalized spacial score (nSPS) is 47.9. The van der Waals surface area contributed by atoms with Gasteiger partial charge < -0.3 is 74.4 Å². The lowest BCUT2D eigenvalue weighted by Crippen LogP contribution is -2.76. The third kappa shape index (κ3) is 8.35. The van der Waals surface area contributed by atoms with Crippen molar-refractivity contribution in [1.82, 2.24) is 0 Å². The highest BCUT2D eigenvalue weighted by Gasteiger charge is 2.76. The molecule has 7 aliphatic rings. The van der Waals surface area contributed by atoms with Crippen LogP contribution in [0.15, 0.2) is 34.9 Å². The largest absolute Gasteiger partial charge is 0.479 e. The number of hydrogen-bond acceptors (Lipinski definition) is 17. The number of carboxylic acid groups (broad SMARTS) is 1. The smallest absolute Gasteiger partial charge is 0.335 e. The van der Waals surface area contributed by atoms with E-state index in [2.05, 4.69) is 33.8 Å². The van der Waals surface area contributed by atoms with Crippen LogP contribution in [0.3, 0.4) is 0 Å². The summed E-state index contributed by atoms with van der Waals surface area (Å²) in [6.07, 6.45) is -11.5. The van der Waals surface area contributed by atoms with Crippen molar-refractivity contribution >= 4 is 17.9 Å². The van der Waals surface area contributed by atoms with Crippen molar-refractivity contribution in [3.05, 3.63) is 34.9 Å². The Morgan fingerprint density at radius 3 is 1.94 bits per heavy atom. The van der Waals surface area contributed by atoms with Gasteiger partial charge in [-0.3, -0.25) is 0 Å². The monoisotopic (exact) mass is 993 g/mol. The third-order valence-corrected chi connectivity index (χ3v) is 19.5. The summed E-state index contributed by atoms with van der Waals surface area (Å²) in [4.78, 5) is 39.6. The Morgan fingerprint density at radius 1 is 0.757 bits per heavy atom. The fourth-order valence-electron chi connectivity index (χ4n) is 14.9. The number of aliphatic hydroxyl groups is 8. The minimum absolute atomic E-state index is 0.00447. The molecular weight excluding hydrogens is 913 g/mol. The molecule has 2 aliphatic heterocycles. The van der Waals surface area contributed by atoms with E-state index in [1.807, 2.05) is 20.8 Å². The maximum Gasteiger partial charge on any atom is 0.335 e. The number of ether oxygens (including phenoxy) is 6. The quantitative estimate of drug-likeness (QED) is 0.0623. The number of carbonyl (C=O) groups excluding carboxylic acids is 2. The van der Waals surface area contributed by atoms with Gasteiger partial charge in [-0.25, -0.2) is 14.4 Å². The molecule has 7 unspecified atom stereocenters. The van der Waals surface area contributed by atoms with E-state index in [9.17, 15) is 60.3 Å². The van der Waals surface area contributed by atoms with E-state index < -0.39 is 150 Å². The fraction of sp³-hybridized carbons (Fsp3) is 0.827. The summed E-state index contributed by atoms with van der Waals surface area (Å²) in [5.74, 6) is -3.39. The first-order valence-corrected chi connectivity index (χ1v) is 25.1. The van der Waals surface area contributed by atoms with E-state index in [4.69, 9.17) is 28.4 Å². The van der Waals surface area contributed by atoms with E-state index in [-0.39, 0.29) is 29.2 Å². The molecule has 0 amide bonds. The lowest BCUT2D eigenvalue weighted by molar-refractivity contribution is -0.359. The lowest BCUT2D eigenvalue weighted by atomic mass is 9.32. The van der Waals surface area contributed by atoms with E-state index in [0.29, 0.717) is 44.1 Å². The molecule has 6 fully saturated rings. The Hall–Kier alpha value is -2.85.